The molecule has 0 aromatic heterocycles. The molecule has 174 valence electrons. The van der Waals surface area contributed by atoms with E-state index in [9.17, 15) is 14.4 Å². The van der Waals surface area contributed by atoms with Gasteiger partial charge in [-0.25, -0.2) is 0 Å². The minimum Gasteiger partial charge on any atom is -0.324 e. The highest BCUT2D eigenvalue weighted by molar-refractivity contribution is 8.26. The van der Waals surface area contributed by atoms with Crippen LogP contribution in [-0.2, 0) is 14.4 Å². The number of aryl methyl sites for hydroxylation is 2. The van der Waals surface area contributed by atoms with Crippen molar-refractivity contribution >= 4 is 63.0 Å². The molecule has 0 atom stereocenters. The van der Waals surface area contributed by atoms with E-state index in [2.05, 4.69) is 5.32 Å². The molecular formula is C26H25N3O3S2. The van der Waals surface area contributed by atoms with Crippen LogP contribution in [0.5, 0.6) is 0 Å². The Hall–Kier alpha value is -2.97. The number of anilines is 2. The van der Waals surface area contributed by atoms with Crippen molar-refractivity contribution in [3.05, 3.63) is 64.1 Å². The quantitative estimate of drug-likeness (QED) is 0.491. The summed E-state index contributed by atoms with van der Waals surface area (Å²) < 4.78 is 0.510. The second-order valence-electron chi connectivity index (χ2n) is 8.91. The van der Waals surface area contributed by atoms with E-state index in [0.717, 1.165) is 42.5 Å². The molecule has 0 unspecified atom stereocenters. The molecule has 0 spiro atoms. The molecule has 2 aromatic rings. The third kappa shape index (κ3) is 3.84. The largest absolute Gasteiger partial charge is 0.324 e. The molecule has 5 rings (SSSR count). The molecule has 1 saturated carbocycles. The molecule has 6 nitrogen and oxygen atoms in total. The van der Waals surface area contributed by atoms with E-state index in [1.54, 1.807) is 4.90 Å². The Morgan fingerprint density at radius 3 is 2.41 bits per heavy atom. The van der Waals surface area contributed by atoms with Crippen LogP contribution < -0.4 is 10.2 Å². The molecule has 34 heavy (non-hydrogen) atoms. The molecule has 3 amide bonds. The molecular weight excluding hydrogens is 466 g/mol. The standard InChI is InChI=1S/C26H25N3O3S2/c1-15-8-7-9-16(2)22(15)27-20(30)14-28-19-13-6-5-12-18(19)21(24(28)31)23-25(32)29(26(33)34-23)17-10-3-4-11-17/h5-9,12-13,17H,3-4,10-11,14H2,1-2H3,(H,27,30). The number of carbonyl (C=O) groups is 3. The Bertz CT molecular complexity index is 1240. The Labute approximate surface area is 208 Å². The lowest BCUT2D eigenvalue weighted by Gasteiger charge is -2.22. The second-order valence-corrected chi connectivity index (χ2v) is 10.6. The highest BCUT2D eigenvalue weighted by atomic mass is 32.2. The van der Waals surface area contributed by atoms with Gasteiger partial charge in [-0.1, -0.05) is 73.2 Å². The highest BCUT2D eigenvalue weighted by Crippen LogP contribution is 2.46. The van der Waals surface area contributed by atoms with Gasteiger partial charge in [0.2, 0.25) is 5.91 Å². The number of nitrogens with one attached hydrogen (secondary N) is 1. The van der Waals surface area contributed by atoms with Gasteiger partial charge in [0.05, 0.1) is 16.2 Å². The first-order valence-electron chi connectivity index (χ1n) is 11.4. The summed E-state index contributed by atoms with van der Waals surface area (Å²) in [5.74, 6) is -0.827. The van der Waals surface area contributed by atoms with E-state index < -0.39 is 0 Å². The monoisotopic (exact) mass is 491 g/mol. The lowest BCUT2D eigenvalue weighted by atomic mass is 10.1. The number of para-hydroxylation sites is 2. The van der Waals surface area contributed by atoms with Gasteiger partial charge >= 0.3 is 0 Å². The molecule has 1 N–H and O–H groups in total. The fourth-order valence-corrected chi connectivity index (χ4v) is 6.47. The summed E-state index contributed by atoms with van der Waals surface area (Å²) >= 11 is 6.75. The van der Waals surface area contributed by atoms with Crippen LogP contribution in [0.4, 0.5) is 11.4 Å². The molecule has 0 radical (unpaired) electrons. The van der Waals surface area contributed by atoms with Crippen LogP contribution >= 0.6 is 24.0 Å². The van der Waals surface area contributed by atoms with Crippen molar-refractivity contribution < 1.29 is 14.4 Å². The van der Waals surface area contributed by atoms with Gasteiger partial charge in [0.15, 0.2) is 0 Å². The minimum absolute atomic E-state index is 0.108. The summed E-state index contributed by atoms with van der Waals surface area (Å²) in [6.07, 6.45) is 4.03. The summed E-state index contributed by atoms with van der Waals surface area (Å²) in [7, 11) is 0. The van der Waals surface area contributed by atoms with Crippen molar-refractivity contribution in [1.29, 1.82) is 0 Å². The topological polar surface area (TPSA) is 69.7 Å². The first kappa shape index (κ1) is 22.8. The molecule has 8 heteroatoms. The molecule has 0 bridgehead atoms. The molecule has 3 aliphatic rings. The molecule has 2 aromatic carbocycles. The highest BCUT2D eigenvalue weighted by Gasteiger charge is 2.44. The van der Waals surface area contributed by atoms with Crippen LogP contribution in [0.25, 0.3) is 5.57 Å². The zero-order valence-electron chi connectivity index (χ0n) is 19.1. The average Bonchev–Trinajstić information content (AvgIpc) is 3.49. The van der Waals surface area contributed by atoms with Crippen LogP contribution in [-0.4, -0.2) is 39.5 Å². The van der Waals surface area contributed by atoms with Crippen molar-refractivity contribution in [2.24, 2.45) is 0 Å². The van der Waals surface area contributed by atoms with E-state index in [1.165, 1.54) is 16.7 Å². The second kappa shape index (κ2) is 9.00. The van der Waals surface area contributed by atoms with Crippen molar-refractivity contribution in [1.82, 2.24) is 4.90 Å². The minimum atomic E-state index is -0.343. The van der Waals surface area contributed by atoms with E-state index in [4.69, 9.17) is 12.2 Å². The van der Waals surface area contributed by atoms with Crippen molar-refractivity contribution in [2.45, 2.75) is 45.6 Å². The number of thioether (sulfide) groups is 1. The summed E-state index contributed by atoms with van der Waals surface area (Å²) in [4.78, 5) is 43.5. The average molecular weight is 492 g/mol. The fourth-order valence-electron chi connectivity index (χ4n) is 5.00. The van der Waals surface area contributed by atoms with Crippen molar-refractivity contribution in [3.8, 4) is 0 Å². The lowest BCUT2D eigenvalue weighted by Crippen LogP contribution is -2.37. The first-order valence-corrected chi connectivity index (χ1v) is 12.7. The third-order valence-corrected chi connectivity index (χ3v) is 8.09. The van der Waals surface area contributed by atoms with Crippen LogP contribution in [0.15, 0.2) is 47.4 Å². The van der Waals surface area contributed by atoms with Gasteiger partial charge in [-0.2, -0.15) is 0 Å². The molecule has 1 saturated heterocycles. The predicted octanol–water partition coefficient (Wildman–Crippen LogP) is 4.80. The summed E-state index contributed by atoms with van der Waals surface area (Å²) in [6, 6.07) is 13.2. The number of nitrogens with zero attached hydrogens (tertiary/aromatic N) is 2. The van der Waals surface area contributed by atoms with Gasteiger partial charge < -0.3 is 5.32 Å². The SMILES string of the molecule is Cc1cccc(C)c1NC(=O)CN1C(=O)C(=C2SC(=S)N(C3CCCC3)C2=O)c2ccccc21. The predicted molar refractivity (Wildman–Crippen MR) is 140 cm³/mol. The number of benzene rings is 2. The van der Waals surface area contributed by atoms with Crippen LogP contribution in [0.2, 0.25) is 0 Å². The molecule has 2 heterocycles. The normalized spacial score (nSPS) is 20.5. The van der Waals surface area contributed by atoms with Gasteiger partial charge in [-0.15, -0.1) is 0 Å². The summed E-state index contributed by atoms with van der Waals surface area (Å²) in [6.45, 7) is 3.72. The van der Waals surface area contributed by atoms with Gasteiger partial charge in [-0.3, -0.25) is 24.2 Å². The fraction of sp³-hybridized carbons (Fsp3) is 0.308. The zero-order valence-corrected chi connectivity index (χ0v) is 20.7. The maximum Gasteiger partial charge on any atom is 0.267 e. The Morgan fingerprint density at radius 1 is 1.03 bits per heavy atom. The summed E-state index contributed by atoms with van der Waals surface area (Å²) in [5, 5.41) is 2.95. The van der Waals surface area contributed by atoms with Crippen molar-refractivity contribution in [3.63, 3.8) is 0 Å². The van der Waals surface area contributed by atoms with E-state index >= 15 is 0 Å². The van der Waals surface area contributed by atoms with Gasteiger partial charge in [-0.05, 0) is 43.9 Å². The van der Waals surface area contributed by atoms with E-state index in [1.807, 2.05) is 56.3 Å². The van der Waals surface area contributed by atoms with Crippen LogP contribution in [0, 0.1) is 13.8 Å². The molecule has 2 aliphatic heterocycles. The Balaban J connectivity index is 1.46. The summed E-state index contributed by atoms with van der Waals surface area (Å²) in [5.41, 5.74) is 4.30. The Kier molecular flexibility index (Phi) is 6.04. The van der Waals surface area contributed by atoms with Crippen LogP contribution in [0.3, 0.4) is 0 Å². The Morgan fingerprint density at radius 2 is 1.71 bits per heavy atom. The first-order chi connectivity index (χ1) is 16.4. The van der Waals surface area contributed by atoms with Crippen molar-refractivity contribution in [2.75, 3.05) is 16.8 Å². The van der Waals surface area contributed by atoms with E-state index in [-0.39, 0.29) is 30.3 Å². The number of hydrogen-bond acceptors (Lipinski definition) is 5. The maximum atomic E-state index is 13.6. The number of carbonyl (C=O) groups excluding carboxylic acids is 3. The van der Waals surface area contributed by atoms with Gasteiger partial charge in [0, 0.05) is 17.3 Å². The zero-order chi connectivity index (χ0) is 24.0. The van der Waals surface area contributed by atoms with Crippen LogP contribution in [0.1, 0.15) is 42.4 Å². The maximum absolute atomic E-state index is 13.6. The van der Waals surface area contributed by atoms with Gasteiger partial charge in [0.1, 0.15) is 10.9 Å². The number of amides is 3. The smallest absolute Gasteiger partial charge is 0.267 e. The number of hydrogen-bond donors (Lipinski definition) is 1. The number of fused-ring (bicyclic) bond motifs is 1. The lowest BCUT2D eigenvalue weighted by molar-refractivity contribution is -0.123. The van der Waals surface area contributed by atoms with E-state index in [0.29, 0.717) is 26.0 Å². The molecule has 2 fully saturated rings. The molecule has 1 aliphatic carbocycles. The number of rotatable bonds is 4. The number of thiocarbonyl (C=S) groups is 1. The third-order valence-electron chi connectivity index (χ3n) is 6.69. The van der Waals surface area contributed by atoms with Gasteiger partial charge in [0.25, 0.3) is 11.8 Å².